The van der Waals surface area contributed by atoms with Gasteiger partial charge in [-0.1, -0.05) is 12.1 Å². The summed E-state index contributed by atoms with van der Waals surface area (Å²) >= 11 is 0. The van der Waals surface area contributed by atoms with Crippen LogP contribution < -0.4 is 10.6 Å². The van der Waals surface area contributed by atoms with Gasteiger partial charge in [-0.25, -0.2) is 0 Å². The topological polar surface area (TPSA) is 74.3 Å². The molecular formula is C19H18N4O2. The second kappa shape index (κ2) is 5.05. The van der Waals surface area contributed by atoms with Gasteiger partial charge in [-0.2, -0.15) is 0 Å². The largest absolute Gasteiger partial charge is 0.360 e. The van der Waals surface area contributed by atoms with E-state index in [1.807, 2.05) is 29.2 Å². The van der Waals surface area contributed by atoms with E-state index in [-0.39, 0.29) is 23.9 Å². The summed E-state index contributed by atoms with van der Waals surface area (Å²) < 4.78 is 0. The van der Waals surface area contributed by atoms with Gasteiger partial charge in [0.1, 0.15) is 5.66 Å². The molecular weight excluding hydrogens is 316 g/mol. The van der Waals surface area contributed by atoms with E-state index in [2.05, 4.69) is 15.6 Å². The minimum absolute atomic E-state index is 0.0154. The SMILES string of the molecule is O=C1N[C@@]2(C[C@H]3CC[C@@H]2N3C(=O)c2ccncc2)Nc2ccccc21. The number of hydrogen-bond donors (Lipinski definition) is 2. The van der Waals surface area contributed by atoms with Crippen LogP contribution in [0, 0.1) is 0 Å². The quantitative estimate of drug-likeness (QED) is 0.837. The van der Waals surface area contributed by atoms with Crippen molar-refractivity contribution in [1.82, 2.24) is 15.2 Å². The highest BCUT2D eigenvalue weighted by Crippen LogP contribution is 2.47. The Morgan fingerprint density at radius 2 is 1.92 bits per heavy atom. The molecule has 2 aromatic rings. The van der Waals surface area contributed by atoms with E-state index in [9.17, 15) is 9.59 Å². The molecule has 0 aliphatic carbocycles. The van der Waals surface area contributed by atoms with Crippen LogP contribution in [0.2, 0.25) is 0 Å². The Morgan fingerprint density at radius 1 is 1.12 bits per heavy atom. The molecule has 5 rings (SSSR count). The molecule has 6 nitrogen and oxygen atoms in total. The van der Waals surface area contributed by atoms with Crippen molar-refractivity contribution in [2.75, 3.05) is 5.32 Å². The normalized spacial score (nSPS) is 29.3. The molecule has 3 aliphatic rings. The van der Waals surface area contributed by atoms with Gasteiger partial charge >= 0.3 is 0 Å². The first-order chi connectivity index (χ1) is 12.2. The molecule has 2 fully saturated rings. The Kier molecular flexibility index (Phi) is 2.92. The number of rotatable bonds is 1. The molecule has 0 radical (unpaired) electrons. The summed E-state index contributed by atoms with van der Waals surface area (Å²) in [5, 5.41) is 6.69. The Balaban J connectivity index is 1.50. The zero-order chi connectivity index (χ0) is 17.0. The van der Waals surface area contributed by atoms with E-state index < -0.39 is 5.66 Å². The molecule has 3 atom stereocenters. The van der Waals surface area contributed by atoms with Crippen molar-refractivity contribution >= 4 is 17.5 Å². The number of benzene rings is 1. The molecule has 126 valence electrons. The number of hydrogen-bond acceptors (Lipinski definition) is 4. The van der Waals surface area contributed by atoms with Crippen LogP contribution in [0.15, 0.2) is 48.8 Å². The van der Waals surface area contributed by atoms with Crippen molar-refractivity contribution in [3.63, 3.8) is 0 Å². The van der Waals surface area contributed by atoms with Crippen LogP contribution in [0.25, 0.3) is 0 Å². The fraction of sp³-hybridized carbons (Fsp3) is 0.316. The van der Waals surface area contributed by atoms with E-state index in [0.29, 0.717) is 11.1 Å². The highest BCUT2D eigenvalue weighted by molar-refractivity contribution is 6.03. The van der Waals surface area contributed by atoms with E-state index in [1.54, 1.807) is 24.5 Å². The lowest BCUT2D eigenvalue weighted by atomic mass is 9.86. The summed E-state index contributed by atoms with van der Waals surface area (Å²) in [6.45, 7) is 0. The zero-order valence-corrected chi connectivity index (χ0v) is 13.6. The Morgan fingerprint density at radius 3 is 2.76 bits per heavy atom. The third-order valence-electron chi connectivity index (χ3n) is 5.66. The summed E-state index contributed by atoms with van der Waals surface area (Å²) in [5.41, 5.74) is 1.57. The van der Waals surface area contributed by atoms with E-state index in [1.165, 1.54) is 0 Å². The number of para-hydroxylation sites is 1. The number of pyridine rings is 1. The van der Waals surface area contributed by atoms with Crippen LogP contribution in [-0.4, -0.2) is 39.4 Å². The third-order valence-corrected chi connectivity index (χ3v) is 5.66. The number of nitrogens with zero attached hydrogens (tertiary/aromatic N) is 2. The number of carbonyl (C=O) groups is 2. The number of carbonyl (C=O) groups excluding carboxylic acids is 2. The van der Waals surface area contributed by atoms with Crippen LogP contribution in [0.5, 0.6) is 0 Å². The lowest BCUT2D eigenvalue weighted by Crippen LogP contribution is -2.64. The highest BCUT2D eigenvalue weighted by Gasteiger charge is 2.59. The Hall–Kier alpha value is -2.89. The van der Waals surface area contributed by atoms with Crippen LogP contribution in [-0.2, 0) is 0 Å². The maximum Gasteiger partial charge on any atom is 0.255 e. The Bertz CT molecular complexity index is 869. The van der Waals surface area contributed by atoms with Gasteiger partial charge in [0.25, 0.3) is 11.8 Å². The monoisotopic (exact) mass is 334 g/mol. The number of fused-ring (bicyclic) bond motifs is 4. The molecule has 0 saturated carbocycles. The minimum Gasteiger partial charge on any atom is -0.360 e. The summed E-state index contributed by atoms with van der Waals surface area (Å²) in [4.78, 5) is 31.6. The van der Waals surface area contributed by atoms with Gasteiger partial charge in [-0.3, -0.25) is 14.6 Å². The van der Waals surface area contributed by atoms with Crippen molar-refractivity contribution in [2.24, 2.45) is 0 Å². The molecule has 3 aliphatic heterocycles. The first-order valence-electron chi connectivity index (χ1n) is 8.60. The number of aromatic nitrogens is 1. The standard InChI is InChI=1S/C19H18N4O2/c24-17-14-3-1-2-4-15(14)21-19(22-17)11-13-5-6-16(19)23(13)18(25)12-7-9-20-10-8-12/h1-4,7-10,13,16,21H,5-6,11H2,(H,22,24)/t13-,16+,19-/m1/s1. The number of anilines is 1. The summed E-state index contributed by atoms with van der Waals surface area (Å²) in [7, 11) is 0. The summed E-state index contributed by atoms with van der Waals surface area (Å²) in [5.74, 6) is -0.0557. The molecule has 2 bridgehead atoms. The Labute approximate surface area is 145 Å². The molecule has 0 unspecified atom stereocenters. The van der Waals surface area contributed by atoms with Gasteiger partial charge in [0.2, 0.25) is 0 Å². The number of nitrogens with one attached hydrogen (secondary N) is 2. The van der Waals surface area contributed by atoms with Gasteiger partial charge in [-0.05, 0) is 37.1 Å². The smallest absolute Gasteiger partial charge is 0.255 e. The average molecular weight is 334 g/mol. The van der Waals surface area contributed by atoms with E-state index in [0.717, 1.165) is 24.9 Å². The molecule has 25 heavy (non-hydrogen) atoms. The maximum atomic E-state index is 13.0. The number of amides is 2. The van der Waals surface area contributed by atoms with Crippen molar-refractivity contribution in [3.8, 4) is 0 Å². The van der Waals surface area contributed by atoms with E-state index in [4.69, 9.17) is 0 Å². The lowest BCUT2D eigenvalue weighted by molar-refractivity contribution is 0.0691. The molecule has 6 heteroatoms. The van der Waals surface area contributed by atoms with Gasteiger partial charge < -0.3 is 15.5 Å². The predicted molar refractivity (Wildman–Crippen MR) is 92.1 cm³/mol. The average Bonchev–Trinajstić information content (AvgIpc) is 3.17. The van der Waals surface area contributed by atoms with Gasteiger partial charge in [0.05, 0.1) is 11.6 Å². The highest BCUT2D eigenvalue weighted by atomic mass is 16.2. The third kappa shape index (κ3) is 2.00. The van der Waals surface area contributed by atoms with Crippen LogP contribution in [0.4, 0.5) is 5.69 Å². The first-order valence-corrected chi connectivity index (χ1v) is 8.60. The van der Waals surface area contributed by atoms with Crippen LogP contribution >= 0.6 is 0 Å². The van der Waals surface area contributed by atoms with Crippen LogP contribution in [0.3, 0.4) is 0 Å². The second-order valence-electron chi connectivity index (χ2n) is 7.00. The lowest BCUT2D eigenvalue weighted by Gasteiger charge is -2.43. The molecule has 1 aromatic carbocycles. The van der Waals surface area contributed by atoms with E-state index >= 15 is 0 Å². The molecule has 4 heterocycles. The van der Waals surface area contributed by atoms with Crippen molar-refractivity contribution < 1.29 is 9.59 Å². The summed E-state index contributed by atoms with van der Waals surface area (Å²) in [6, 6.07) is 11.1. The van der Waals surface area contributed by atoms with Gasteiger partial charge in [0, 0.05) is 36.1 Å². The van der Waals surface area contributed by atoms with Gasteiger partial charge in [-0.15, -0.1) is 0 Å². The van der Waals surface area contributed by atoms with Crippen molar-refractivity contribution in [3.05, 3.63) is 59.9 Å². The fourth-order valence-electron chi connectivity index (χ4n) is 4.63. The first kappa shape index (κ1) is 14.5. The molecule has 1 spiro atoms. The molecule has 2 amide bonds. The molecule has 2 N–H and O–H groups in total. The fourth-order valence-corrected chi connectivity index (χ4v) is 4.63. The second-order valence-corrected chi connectivity index (χ2v) is 7.00. The molecule has 2 saturated heterocycles. The van der Waals surface area contributed by atoms with Crippen molar-refractivity contribution in [2.45, 2.75) is 37.0 Å². The van der Waals surface area contributed by atoms with Gasteiger partial charge in [0.15, 0.2) is 0 Å². The summed E-state index contributed by atoms with van der Waals surface area (Å²) in [6.07, 6.45) is 5.86. The predicted octanol–water partition coefficient (Wildman–Crippen LogP) is 2.01. The molecule has 1 aromatic heterocycles. The zero-order valence-electron chi connectivity index (χ0n) is 13.6. The van der Waals surface area contributed by atoms with Crippen molar-refractivity contribution in [1.29, 1.82) is 0 Å². The maximum absolute atomic E-state index is 13.0. The van der Waals surface area contributed by atoms with Crippen LogP contribution in [0.1, 0.15) is 40.0 Å². The minimum atomic E-state index is -0.572.